The first-order chi connectivity index (χ1) is 11.4. The van der Waals surface area contributed by atoms with Gasteiger partial charge in [0, 0.05) is 17.4 Å². The second kappa shape index (κ2) is 7.90. The van der Waals surface area contributed by atoms with Gasteiger partial charge >= 0.3 is 0 Å². The van der Waals surface area contributed by atoms with Gasteiger partial charge in [0.05, 0.1) is 0 Å². The highest BCUT2D eigenvalue weighted by molar-refractivity contribution is 5.92. The number of anilines is 2. The van der Waals surface area contributed by atoms with Crippen molar-refractivity contribution < 1.29 is 4.79 Å². The number of hydrogen-bond acceptors (Lipinski definition) is 4. The number of amides is 1. The number of nitrogens with zero attached hydrogens (tertiary/aromatic N) is 2. The van der Waals surface area contributed by atoms with Gasteiger partial charge < -0.3 is 10.6 Å². The highest BCUT2D eigenvalue weighted by Gasteiger charge is 2.12. The van der Waals surface area contributed by atoms with Crippen molar-refractivity contribution in [1.82, 2.24) is 15.3 Å². The highest BCUT2D eigenvalue weighted by Crippen LogP contribution is 2.19. The van der Waals surface area contributed by atoms with Gasteiger partial charge in [0.1, 0.15) is 5.69 Å². The molecule has 0 radical (unpaired) electrons. The van der Waals surface area contributed by atoms with Gasteiger partial charge in [-0.3, -0.25) is 4.79 Å². The molecule has 0 bridgehead atoms. The zero-order valence-corrected chi connectivity index (χ0v) is 15.1. The van der Waals surface area contributed by atoms with Crippen molar-refractivity contribution in [2.24, 2.45) is 0 Å². The number of aryl methyl sites for hydroxylation is 1. The molecule has 1 aromatic carbocycles. The van der Waals surface area contributed by atoms with Crippen LogP contribution in [0.2, 0.25) is 0 Å². The normalized spacial score (nSPS) is 12.1. The van der Waals surface area contributed by atoms with Crippen LogP contribution in [-0.4, -0.2) is 21.9 Å². The van der Waals surface area contributed by atoms with E-state index in [4.69, 9.17) is 0 Å². The van der Waals surface area contributed by atoms with E-state index in [0.717, 1.165) is 17.8 Å². The monoisotopic (exact) mass is 326 g/mol. The lowest BCUT2D eigenvalue weighted by atomic mass is 10.0. The Kier molecular flexibility index (Phi) is 5.90. The first-order valence-electron chi connectivity index (χ1n) is 8.42. The molecule has 0 aliphatic heterocycles. The van der Waals surface area contributed by atoms with Crippen molar-refractivity contribution in [3.05, 3.63) is 47.3 Å². The fourth-order valence-corrected chi connectivity index (χ4v) is 2.22. The highest BCUT2D eigenvalue weighted by atomic mass is 16.1. The number of rotatable bonds is 6. The van der Waals surface area contributed by atoms with E-state index in [1.54, 1.807) is 6.07 Å². The van der Waals surface area contributed by atoms with E-state index >= 15 is 0 Å². The van der Waals surface area contributed by atoms with E-state index in [1.165, 1.54) is 5.56 Å². The summed E-state index contributed by atoms with van der Waals surface area (Å²) in [7, 11) is 0. The number of aromatic nitrogens is 2. The summed E-state index contributed by atoms with van der Waals surface area (Å²) in [6.07, 6.45) is 0.878. The molecule has 2 N–H and O–H groups in total. The molecule has 1 unspecified atom stereocenters. The molecule has 0 fully saturated rings. The van der Waals surface area contributed by atoms with Gasteiger partial charge in [-0.1, -0.05) is 32.9 Å². The number of benzene rings is 1. The van der Waals surface area contributed by atoms with Gasteiger partial charge in [-0.15, -0.1) is 0 Å². The van der Waals surface area contributed by atoms with E-state index in [0.29, 0.717) is 17.6 Å². The third-order valence-corrected chi connectivity index (χ3v) is 3.91. The van der Waals surface area contributed by atoms with E-state index in [-0.39, 0.29) is 11.9 Å². The molecule has 2 aromatic rings. The zero-order chi connectivity index (χ0) is 17.7. The molecule has 5 nitrogen and oxygen atoms in total. The van der Waals surface area contributed by atoms with Crippen LogP contribution in [0, 0.1) is 6.92 Å². The molecule has 0 saturated heterocycles. The van der Waals surface area contributed by atoms with Crippen LogP contribution in [0.5, 0.6) is 0 Å². The Morgan fingerprint density at radius 2 is 1.79 bits per heavy atom. The van der Waals surface area contributed by atoms with Crippen LogP contribution in [0.4, 0.5) is 11.6 Å². The minimum absolute atomic E-state index is 0.118. The van der Waals surface area contributed by atoms with E-state index in [1.807, 2.05) is 32.9 Å². The molecule has 2 rings (SSSR count). The Balaban J connectivity index is 2.17. The molecule has 0 aliphatic rings. The molecule has 1 amide bonds. The largest absolute Gasteiger partial charge is 0.348 e. The van der Waals surface area contributed by atoms with Crippen LogP contribution < -0.4 is 10.6 Å². The molecular formula is C19H26N4O. The fourth-order valence-electron chi connectivity index (χ4n) is 2.22. The SMILES string of the molecule is CCC(C)NC(=O)c1cc(C)nc(Nc2ccc(C(C)C)cc2)n1. The van der Waals surface area contributed by atoms with Gasteiger partial charge in [0.15, 0.2) is 0 Å². The Bertz CT molecular complexity index is 695. The van der Waals surface area contributed by atoms with Gasteiger partial charge in [-0.25, -0.2) is 9.97 Å². The molecule has 0 aliphatic carbocycles. The maximum absolute atomic E-state index is 12.3. The first kappa shape index (κ1) is 17.9. The molecular weight excluding hydrogens is 300 g/mol. The minimum atomic E-state index is -0.173. The molecule has 0 spiro atoms. The van der Waals surface area contributed by atoms with Crippen molar-refractivity contribution in [2.75, 3.05) is 5.32 Å². The van der Waals surface area contributed by atoms with Crippen molar-refractivity contribution in [2.45, 2.75) is 53.0 Å². The molecule has 1 heterocycles. The average Bonchev–Trinajstić information content (AvgIpc) is 2.54. The summed E-state index contributed by atoms with van der Waals surface area (Å²) in [6, 6.07) is 9.98. The summed E-state index contributed by atoms with van der Waals surface area (Å²) in [5.41, 5.74) is 3.31. The number of nitrogens with one attached hydrogen (secondary N) is 2. The second-order valence-corrected chi connectivity index (χ2v) is 6.40. The van der Waals surface area contributed by atoms with Gasteiger partial charge in [-0.2, -0.15) is 0 Å². The van der Waals surface area contributed by atoms with E-state index in [9.17, 15) is 4.79 Å². The first-order valence-corrected chi connectivity index (χ1v) is 8.42. The summed E-state index contributed by atoms with van der Waals surface area (Å²) in [6.45, 7) is 10.2. The summed E-state index contributed by atoms with van der Waals surface area (Å²) in [4.78, 5) is 21.0. The summed E-state index contributed by atoms with van der Waals surface area (Å²) in [5.74, 6) is 0.750. The number of carbonyl (C=O) groups is 1. The predicted octanol–water partition coefficient (Wildman–Crippen LogP) is 4.18. The predicted molar refractivity (Wildman–Crippen MR) is 97.8 cm³/mol. The van der Waals surface area contributed by atoms with Crippen molar-refractivity contribution in [1.29, 1.82) is 0 Å². The van der Waals surface area contributed by atoms with Crippen LogP contribution in [0.3, 0.4) is 0 Å². The van der Waals surface area contributed by atoms with Gasteiger partial charge in [0.25, 0.3) is 5.91 Å². The smallest absolute Gasteiger partial charge is 0.270 e. The summed E-state index contributed by atoms with van der Waals surface area (Å²) < 4.78 is 0. The van der Waals surface area contributed by atoms with Crippen LogP contribution in [0.15, 0.2) is 30.3 Å². The van der Waals surface area contributed by atoms with Gasteiger partial charge in [-0.05, 0) is 49.9 Å². The third kappa shape index (κ3) is 4.78. The lowest BCUT2D eigenvalue weighted by Gasteiger charge is -2.12. The zero-order valence-electron chi connectivity index (χ0n) is 15.1. The van der Waals surface area contributed by atoms with Gasteiger partial charge in [0.2, 0.25) is 5.95 Å². The van der Waals surface area contributed by atoms with Crippen molar-refractivity contribution in [3.63, 3.8) is 0 Å². The maximum Gasteiger partial charge on any atom is 0.270 e. The lowest BCUT2D eigenvalue weighted by molar-refractivity contribution is 0.0934. The molecule has 1 aromatic heterocycles. The van der Waals surface area contributed by atoms with Crippen LogP contribution in [0.1, 0.15) is 61.8 Å². The molecule has 5 heteroatoms. The standard InChI is InChI=1S/C19H26N4O/c1-6-13(4)20-18(24)17-11-14(5)21-19(23-17)22-16-9-7-15(8-10-16)12(2)3/h7-13H,6H2,1-5H3,(H,20,24)(H,21,22,23). The lowest BCUT2D eigenvalue weighted by Crippen LogP contribution is -2.32. The van der Waals surface area contributed by atoms with E-state index < -0.39 is 0 Å². The van der Waals surface area contributed by atoms with Crippen molar-refractivity contribution >= 4 is 17.5 Å². The molecule has 0 saturated carbocycles. The van der Waals surface area contributed by atoms with E-state index in [2.05, 4.69) is 46.6 Å². The molecule has 24 heavy (non-hydrogen) atoms. The topological polar surface area (TPSA) is 66.9 Å². The Labute approximate surface area is 143 Å². The quantitative estimate of drug-likeness (QED) is 0.835. The molecule has 1 atom stereocenters. The molecule has 128 valence electrons. The average molecular weight is 326 g/mol. The summed E-state index contributed by atoms with van der Waals surface area (Å²) in [5, 5.41) is 6.10. The Morgan fingerprint density at radius 1 is 1.12 bits per heavy atom. The minimum Gasteiger partial charge on any atom is -0.348 e. The third-order valence-electron chi connectivity index (χ3n) is 3.91. The Morgan fingerprint density at radius 3 is 2.38 bits per heavy atom. The number of hydrogen-bond donors (Lipinski definition) is 2. The van der Waals surface area contributed by atoms with Crippen LogP contribution in [0.25, 0.3) is 0 Å². The second-order valence-electron chi connectivity index (χ2n) is 6.40. The Hall–Kier alpha value is -2.43. The van der Waals surface area contributed by atoms with Crippen LogP contribution >= 0.6 is 0 Å². The van der Waals surface area contributed by atoms with Crippen molar-refractivity contribution in [3.8, 4) is 0 Å². The fraction of sp³-hybridized carbons (Fsp3) is 0.421. The van der Waals surface area contributed by atoms with Crippen LogP contribution in [-0.2, 0) is 0 Å². The number of carbonyl (C=O) groups excluding carboxylic acids is 1. The maximum atomic E-state index is 12.3. The summed E-state index contributed by atoms with van der Waals surface area (Å²) >= 11 is 0.